The number of urea groups is 1. The van der Waals surface area contributed by atoms with Crippen molar-refractivity contribution in [3.05, 3.63) is 53.1 Å². The van der Waals surface area contributed by atoms with E-state index in [1.54, 1.807) is 16.8 Å². The summed E-state index contributed by atoms with van der Waals surface area (Å²) in [4.78, 5) is 19.0. The topological polar surface area (TPSA) is 89.1 Å². The van der Waals surface area contributed by atoms with Gasteiger partial charge in [-0.05, 0) is 31.4 Å². The maximum absolute atomic E-state index is 12.7. The van der Waals surface area contributed by atoms with Gasteiger partial charge in [0, 0.05) is 48.9 Å². The number of amides is 2. The Balaban J connectivity index is 1.33. The fourth-order valence-corrected chi connectivity index (χ4v) is 3.80. The monoisotopic (exact) mass is 414 g/mol. The molecule has 3 aromatic rings. The smallest absolute Gasteiger partial charge is 0.317 e. The number of benzene rings is 1. The van der Waals surface area contributed by atoms with Crippen molar-refractivity contribution in [3.8, 4) is 11.4 Å². The molecule has 8 nitrogen and oxygen atoms in total. The lowest BCUT2D eigenvalue weighted by atomic mass is 9.98. The predicted molar refractivity (Wildman–Crippen MR) is 108 cm³/mol. The van der Waals surface area contributed by atoms with Crippen LogP contribution < -0.4 is 5.32 Å². The van der Waals surface area contributed by atoms with Crippen LogP contribution in [0, 0.1) is 0 Å². The summed E-state index contributed by atoms with van der Waals surface area (Å²) >= 11 is 6.01. The quantitative estimate of drug-likeness (QED) is 0.688. The zero-order valence-electron chi connectivity index (χ0n) is 16.2. The van der Waals surface area contributed by atoms with Crippen LogP contribution in [0.1, 0.15) is 36.8 Å². The van der Waals surface area contributed by atoms with E-state index in [4.69, 9.17) is 16.1 Å². The maximum Gasteiger partial charge on any atom is 0.317 e. The van der Waals surface area contributed by atoms with Crippen molar-refractivity contribution in [2.45, 2.75) is 31.7 Å². The lowest BCUT2D eigenvalue weighted by molar-refractivity contribution is 0.151. The number of halogens is 1. The van der Waals surface area contributed by atoms with E-state index in [9.17, 15) is 4.79 Å². The van der Waals surface area contributed by atoms with Crippen LogP contribution in [0.25, 0.3) is 11.4 Å². The predicted octanol–water partition coefficient (Wildman–Crippen LogP) is 3.60. The third-order valence-corrected chi connectivity index (χ3v) is 5.27. The van der Waals surface area contributed by atoms with Crippen LogP contribution in [0.15, 0.2) is 41.2 Å². The molecule has 4 rings (SSSR count). The molecule has 1 fully saturated rings. The molecule has 1 aliphatic rings. The number of aryl methyl sites for hydroxylation is 1. The first-order chi connectivity index (χ1) is 14.1. The van der Waals surface area contributed by atoms with Crippen molar-refractivity contribution in [2.75, 3.05) is 13.1 Å². The summed E-state index contributed by atoms with van der Waals surface area (Å²) in [5.41, 5.74) is 1.87. The van der Waals surface area contributed by atoms with Gasteiger partial charge in [-0.25, -0.2) is 4.79 Å². The molecule has 0 bridgehead atoms. The molecule has 0 radical (unpaired) electrons. The van der Waals surface area contributed by atoms with Gasteiger partial charge in [0.25, 0.3) is 0 Å². The summed E-state index contributed by atoms with van der Waals surface area (Å²) in [5.74, 6) is 0.962. The molecule has 9 heteroatoms. The zero-order valence-corrected chi connectivity index (χ0v) is 17.0. The summed E-state index contributed by atoms with van der Waals surface area (Å²) in [6, 6.07) is 7.28. The largest absolute Gasteiger partial charge is 0.339 e. The summed E-state index contributed by atoms with van der Waals surface area (Å²) < 4.78 is 7.07. The Kier molecular flexibility index (Phi) is 5.80. The third-order valence-electron chi connectivity index (χ3n) is 5.04. The molecule has 0 aliphatic carbocycles. The molecule has 152 valence electrons. The maximum atomic E-state index is 12.7. The van der Waals surface area contributed by atoms with Gasteiger partial charge in [-0.1, -0.05) is 28.9 Å². The van der Waals surface area contributed by atoms with Crippen molar-refractivity contribution in [2.24, 2.45) is 7.05 Å². The second-order valence-corrected chi connectivity index (χ2v) is 7.59. The molecule has 3 heterocycles. The van der Waals surface area contributed by atoms with E-state index >= 15 is 0 Å². The van der Waals surface area contributed by atoms with Gasteiger partial charge >= 0.3 is 6.03 Å². The second-order valence-electron chi connectivity index (χ2n) is 7.16. The number of aromatic nitrogens is 4. The lowest BCUT2D eigenvalue weighted by Gasteiger charge is -2.35. The van der Waals surface area contributed by atoms with Gasteiger partial charge in [0.2, 0.25) is 11.7 Å². The first-order valence-corrected chi connectivity index (χ1v) is 10.1. The Morgan fingerprint density at radius 1 is 1.38 bits per heavy atom. The number of likely N-dealkylation sites (tertiary alicyclic amines) is 1. The number of nitrogens with one attached hydrogen (secondary N) is 1. The van der Waals surface area contributed by atoms with Crippen LogP contribution in [0.4, 0.5) is 4.79 Å². The Bertz CT molecular complexity index is 985. The highest BCUT2D eigenvalue weighted by molar-refractivity contribution is 6.30. The minimum atomic E-state index is -0.0758. The van der Waals surface area contributed by atoms with Gasteiger partial charge < -0.3 is 14.7 Å². The number of hydrogen-bond acceptors (Lipinski definition) is 5. The molecule has 2 amide bonds. The van der Waals surface area contributed by atoms with Crippen molar-refractivity contribution >= 4 is 17.6 Å². The van der Waals surface area contributed by atoms with E-state index in [0.29, 0.717) is 29.7 Å². The minimum Gasteiger partial charge on any atom is -0.339 e. The Labute approximate surface area is 173 Å². The van der Waals surface area contributed by atoms with Crippen molar-refractivity contribution in [3.63, 3.8) is 0 Å². The zero-order chi connectivity index (χ0) is 20.2. The SMILES string of the molecule is Cn1cc(C2CCCCN2C(=O)NCCc2nc(-c3cccc(Cl)c3)no2)cn1. The summed E-state index contributed by atoms with van der Waals surface area (Å²) in [6.45, 7) is 1.16. The number of nitrogens with zero attached hydrogens (tertiary/aromatic N) is 5. The molecule has 1 aromatic carbocycles. The number of rotatable bonds is 5. The normalized spacial score (nSPS) is 16.8. The summed E-state index contributed by atoms with van der Waals surface area (Å²) in [7, 11) is 1.89. The van der Waals surface area contributed by atoms with Gasteiger partial charge in [0.1, 0.15) is 0 Å². The average molecular weight is 415 g/mol. The van der Waals surface area contributed by atoms with Gasteiger partial charge in [-0.15, -0.1) is 0 Å². The molecule has 1 N–H and O–H groups in total. The van der Waals surface area contributed by atoms with E-state index in [0.717, 1.165) is 36.9 Å². The van der Waals surface area contributed by atoms with Gasteiger partial charge in [-0.2, -0.15) is 10.1 Å². The van der Waals surface area contributed by atoms with Crippen LogP contribution in [0.2, 0.25) is 5.02 Å². The molecule has 0 saturated carbocycles. The van der Waals surface area contributed by atoms with E-state index in [1.807, 2.05) is 36.5 Å². The minimum absolute atomic E-state index is 0.0651. The van der Waals surface area contributed by atoms with Gasteiger partial charge in [0.05, 0.1) is 12.2 Å². The Hall–Kier alpha value is -2.87. The van der Waals surface area contributed by atoms with Gasteiger partial charge in [-0.3, -0.25) is 4.68 Å². The molecular weight excluding hydrogens is 392 g/mol. The molecule has 1 atom stereocenters. The molecule has 1 unspecified atom stereocenters. The molecule has 29 heavy (non-hydrogen) atoms. The van der Waals surface area contributed by atoms with Crippen LogP contribution in [0.5, 0.6) is 0 Å². The van der Waals surface area contributed by atoms with Crippen LogP contribution in [-0.2, 0) is 13.5 Å². The molecular formula is C20H23ClN6O2. The molecule has 1 saturated heterocycles. The first kappa shape index (κ1) is 19.4. The Morgan fingerprint density at radius 2 is 2.28 bits per heavy atom. The first-order valence-electron chi connectivity index (χ1n) is 9.72. The van der Waals surface area contributed by atoms with Crippen LogP contribution >= 0.6 is 11.6 Å². The van der Waals surface area contributed by atoms with Crippen LogP contribution in [-0.4, -0.2) is 43.9 Å². The fourth-order valence-electron chi connectivity index (χ4n) is 3.61. The van der Waals surface area contributed by atoms with E-state index in [1.165, 1.54) is 0 Å². The van der Waals surface area contributed by atoms with Crippen LogP contribution in [0.3, 0.4) is 0 Å². The fraction of sp³-hybridized carbons (Fsp3) is 0.400. The van der Waals surface area contributed by atoms with E-state index in [-0.39, 0.29) is 12.1 Å². The van der Waals surface area contributed by atoms with Crippen molar-refractivity contribution in [1.82, 2.24) is 30.1 Å². The number of carbonyl (C=O) groups is 1. The van der Waals surface area contributed by atoms with Crippen molar-refractivity contribution < 1.29 is 9.32 Å². The molecule has 0 spiro atoms. The van der Waals surface area contributed by atoms with Crippen molar-refractivity contribution in [1.29, 1.82) is 0 Å². The highest BCUT2D eigenvalue weighted by atomic mass is 35.5. The lowest BCUT2D eigenvalue weighted by Crippen LogP contribution is -2.45. The number of carbonyl (C=O) groups excluding carboxylic acids is 1. The Morgan fingerprint density at radius 3 is 3.07 bits per heavy atom. The van der Waals surface area contributed by atoms with E-state index < -0.39 is 0 Å². The second kappa shape index (κ2) is 8.65. The highest BCUT2D eigenvalue weighted by Gasteiger charge is 2.28. The standard InChI is InChI=1S/C20H23ClN6O2/c1-26-13-15(12-23-26)17-7-2-3-10-27(17)20(28)22-9-8-18-24-19(25-29-18)14-5-4-6-16(21)11-14/h4-6,11-13,17H,2-3,7-10H2,1H3,(H,22,28). The number of piperidine rings is 1. The number of hydrogen-bond donors (Lipinski definition) is 1. The summed E-state index contributed by atoms with van der Waals surface area (Å²) in [5, 5.41) is 11.8. The third kappa shape index (κ3) is 4.59. The summed E-state index contributed by atoms with van der Waals surface area (Å²) in [6.07, 6.45) is 7.35. The van der Waals surface area contributed by atoms with E-state index in [2.05, 4.69) is 20.6 Å². The average Bonchev–Trinajstić information content (AvgIpc) is 3.37. The highest BCUT2D eigenvalue weighted by Crippen LogP contribution is 2.30. The molecule has 2 aromatic heterocycles. The molecule has 1 aliphatic heterocycles. The van der Waals surface area contributed by atoms with Gasteiger partial charge in [0.15, 0.2) is 0 Å².